The van der Waals surface area contributed by atoms with E-state index < -0.39 is 0 Å². The van der Waals surface area contributed by atoms with Crippen LogP contribution in [0, 0.1) is 0 Å². The number of hydrogen-bond donors (Lipinski definition) is 2. The van der Waals surface area contributed by atoms with E-state index in [-0.39, 0.29) is 11.1 Å². The Kier molecular flexibility index (Phi) is 3.57. The fourth-order valence-electron chi connectivity index (χ4n) is 2.88. The molecule has 94 valence electrons. The molecule has 3 heteroatoms. The van der Waals surface area contributed by atoms with E-state index >= 15 is 0 Å². The van der Waals surface area contributed by atoms with E-state index in [2.05, 4.69) is 19.2 Å². The van der Waals surface area contributed by atoms with E-state index in [0.29, 0.717) is 6.10 Å². The Labute approximate surface area is 99.1 Å². The van der Waals surface area contributed by atoms with E-state index in [0.717, 1.165) is 19.6 Å². The number of nitrogens with two attached hydrogens (primary N) is 1. The van der Waals surface area contributed by atoms with Crippen molar-refractivity contribution >= 4 is 0 Å². The number of ether oxygens (including phenoxy) is 1. The molecule has 3 nitrogen and oxygen atoms in total. The smallest absolute Gasteiger partial charge is 0.0726 e. The second kappa shape index (κ2) is 4.63. The predicted octanol–water partition coefficient (Wildman–Crippen LogP) is 1.81. The maximum Gasteiger partial charge on any atom is 0.0726 e. The lowest BCUT2D eigenvalue weighted by Gasteiger charge is -2.38. The molecule has 2 fully saturated rings. The van der Waals surface area contributed by atoms with Gasteiger partial charge in [-0.05, 0) is 33.1 Å². The molecule has 1 saturated carbocycles. The number of rotatable bonds is 3. The maximum absolute atomic E-state index is 6.44. The quantitative estimate of drug-likeness (QED) is 0.771. The fraction of sp³-hybridized carbons (Fsp3) is 1.00. The van der Waals surface area contributed by atoms with Crippen molar-refractivity contribution in [3.05, 3.63) is 0 Å². The minimum atomic E-state index is 0.0313. The molecule has 0 spiro atoms. The molecule has 1 aliphatic heterocycles. The van der Waals surface area contributed by atoms with Crippen molar-refractivity contribution in [3.8, 4) is 0 Å². The van der Waals surface area contributed by atoms with Crippen LogP contribution in [0.15, 0.2) is 0 Å². The van der Waals surface area contributed by atoms with Gasteiger partial charge in [-0.3, -0.25) is 0 Å². The van der Waals surface area contributed by atoms with Gasteiger partial charge >= 0.3 is 0 Å². The summed E-state index contributed by atoms with van der Waals surface area (Å²) in [7, 11) is 0. The van der Waals surface area contributed by atoms with Gasteiger partial charge in [-0.25, -0.2) is 0 Å². The third-order valence-electron chi connectivity index (χ3n) is 4.58. The first kappa shape index (κ1) is 12.3. The summed E-state index contributed by atoms with van der Waals surface area (Å²) in [5, 5.41) is 3.67. The zero-order chi connectivity index (χ0) is 11.6. The summed E-state index contributed by atoms with van der Waals surface area (Å²) >= 11 is 0. The van der Waals surface area contributed by atoms with Crippen molar-refractivity contribution < 1.29 is 4.74 Å². The largest absolute Gasteiger partial charge is 0.377 e. The predicted molar refractivity (Wildman–Crippen MR) is 66.4 cm³/mol. The molecule has 0 amide bonds. The van der Waals surface area contributed by atoms with Crippen LogP contribution in [0.25, 0.3) is 0 Å². The van der Waals surface area contributed by atoms with Crippen LogP contribution < -0.4 is 11.1 Å². The van der Waals surface area contributed by atoms with Gasteiger partial charge in [0.2, 0.25) is 0 Å². The van der Waals surface area contributed by atoms with Gasteiger partial charge in [0.15, 0.2) is 0 Å². The summed E-state index contributed by atoms with van der Waals surface area (Å²) < 4.78 is 5.64. The normalized spacial score (nSPS) is 38.8. The van der Waals surface area contributed by atoms with Crippen LogP contribution in [0.2, 0.25) is 0 Å². The first-order chi connectivity index (χ1) is 7.54. The van der Waals surface area contributed by atoms with Gasteiger partial charge in [-0.2, -0.15) is 0 Å². The number of nitrogens with one attached hydrogen (secondary N) is 1. The van der Waals surface area contributed by atoms with Gasteiger partial charge < -0.3 is 15.8 Å². The Morgan fingerprint density at radius 3 is 2.50 bits per heavy atom. The molecule has 0 bridgehead atoms. The first-order valence-electron chi connectivity index (χ1n) is 6.70. The van der Waals surface area contributed by atoms with E-state index in [1.807, 2.05) is 0 Å². The Bertz CT molecular complexity index is 238. The van der Waals surface area contributed by atoms with Crippen LogP contribution in [0.1, 0.15) is 52.4 Å². The van der Waals surface area contributed by atoms with Crippen LogP contribution >= 0.6 is 0 Å². The zero-order valence-corrected chi connectivity index (χ0v) is 10.7. The molecule has 2 aliphatic rings. The molecule has 2 atom stereocenters. The Morgan fingerprint density at radius 2 is 1.94 bits per heavy atom. The molecular formula is C13H26N2O. The molecule has 0 aromatic carbocycles. The van der Waals surface area contributed by atoms with Crippen molar-refractivity contribution in [3.63, 3.8) is 0 Å². The van der Waals surface area contributed by atoms with Crippen molar-refractivity contribution in [2.75, 3.05) is 13.2 Å². The van der Waals surface area contributed by atoms with Crippen LogP contribution in [0.3, 0.4) is 0 Å². The molecule has 3 N–H and O–H groups in total. The minimum absolute atomic E-state index is 0.0313. The number of hydrogen-bond acceptors (Lipinski definition) is 3. The van der Waals surface area contributed by atoms with Crippen molar-refractivity contribution in [2.24, 2.45) is 5.73 Å². The molecule has 2 rings (SSSR count). The standard InChI is InChI=1S/C13H26N2O/c1-11-12(2,8-9-16-11)15-10-13(14)6-4-3-5-7-13/h11,15H,3-10,14H2,1-2H3. The lowest BCUT2D eigenvalue weighted by atomic mass is 9.81. The average Bonchev–Trinajstić information content (AvgIpc) is 2.59. The molecule has 2 unspecified atom stereocenters. The third-order valence-corrected chi connectivity index (χ3v) is 4.58. The summed E-state index contributed by atoms with van der Waals surface area (Å²) in [4.78, 5) is 0. The van der Waals surface area contributed by atoms with Crippen LogP contribution in [-0.2, 0) is 4.74 Å². The Balaban J connectivity index is 1.86. The second-order valence-corrected chi connectivity index (χ2v) is 5.96. The first-order valence-corrected chi connectivity index (χ1v) is 6.70. The molecule has 1 aliphatic carbocycles. The topological polar surface area (TPSA) is 47.3 Å². The zero-order valence-electron chi connectivity index (χ0n) is 10.7. The summed E-state index contributed by atoms with van der Waals surface area (Å²) in [6.07, 6.45) is 7.69. The maximum atomic E-state index is 6.44. The van der Waals surface area contributed by atoms with Gasteiger partial charge in [0.05, 0.1) is 6.10 Å². The van der Waals surface area contributed by atoms with Crippen LogP contribution in [0.4, 0.5) is 0 Å². The van der Waals surface area contributed by atoms with Gasteiger partial charge in [0.1, 0.15) is 0 Å². The highest BCUT2D eigenvalue weighted by Crippen LogP contribution is 2.29. The summed E-state index contributed by atoms with van der Waals surface area (Å²) in [6.45, 7) is 6.24. The fourth-order valence-corrected chi connectivity index (χ4v) is 2.88. The molecule has 0 radical (unpaired) electrons. The van der Waals surface area contributed by atoms with Crippen LogP contribution in [0.5, 0.6) is 0 Å². The average molecular weight is 226 g/mol. The van der Waals surface area contributed by atoms with Crippen molar-refractivity contribution in [1.29, 1.82) is 0 Å². The second-order valence-electron chi connectivity index (χ2n) is 5.96. The van der Waals surface area contributed by atoms with E-state index in [1.54, 1.807) is 0 Å². The Morgan fingerprint density at radius 1 is 1.25 bits per heavy atom. The molecule has 1 saturated heterocycles. The third kappa shape index (κ3) is 2.58. The van der Waals surface area contributed by atoms with E-state index in [1.165, 1.54) is 32.1 Å². The Hall–Kier alpha value is -0.120. The van der Waals surface area contributed by atoms with Crippen molar-refractivity contribution in [2.45, 2.75) is 69.6 Å². The molecule has 1 heterocycles. The molecule has 16 heavy (non-hydrogen) atoms. The van der Waals surface area contributed by atoms with Gasteiger partial charge in [0, 0.05) is 24.2 Å². The van der Waals surface area contributed by atoms with Crippen LogP contribution in [-0.4, -0.2) is 30.3 Å². The van der Waals surface area contributed by atoms with Gasteiger partial charge in [-0.1, -0.05) is 19.3 Å². The SMILES string of the molecule is CC1OCCC1(C)NCC1(N)CCCCC1. The highest BCUT2D eigenvalue weighted by Gasteiger charge is 2.38. The monoisotopic (exact) mass is 226 g/mol. The highest BCUT2D eigenvalue weighted by molar-refractivity contribution is 4.98. The summed E-state index contributed by atoms with van der Waals surface area (Å²) in [5.74, 6) is 0. The lowest BCUT2D eigenvalue weighted by molar-refractivity contribution is 0.0848. The van der Waals surface area contributed by atoms with Gasteiger partial charge in [-0.15, -0.1) is 0 Å². The molecular weight excluding hydrogens is 200 g/mol. The molecule has 0 aromatic heterocycles. The highest BCUT2D eigenvalue weighted by atomic mass is 16.5. The van der Waals surface area contributed by atoms with Gasteiger partial charge in [0.25, 0.3) is 0 Å². The van der Waals surface area contributed by atoms with E-state index in [4.69, 9.17) is 10.5 Å². The summed E-state index contributed by atoms with van der Waals surface area (Å²) in [6, 6.07) is 0. The minimum Gasteiger partial charge on any atom is -0.377 e. The van der Waals surface area contributed by atoms with Crippen molar-refractivity contribution in [1.82, 2.24) is 5.32 Å². The summed E-state index contributed by atoms with van der Waals surface area (Å²) in [5.41, 5.74) is 6.60. The lowest BCUT2D eigenvalue weighted by Crippen LogP contribution is -2.57. The van der Waals surface area contributed by atoms with E-state index in [9.17, 15) is 0 Å². The molecule has 0 aromatic rings.